The minimum Gasteiger partial charge on any atom is -0.479 e. The molecule has 0 spiro atoms. The Labute approximate surface area is 251 Å². The number of hydrogen-bond donors (Lipinski definition) is 3. The molecule has 4 atom stereocenters. The molecule has 3 heterocycles. The molecule has 14 heteroatoms. The van der Waals surface area contributed by atoms with Gasteiger partial charge >= 0.3 is 13.7 Å². The predicted molar refractivity (Wildman–Crippen MR) is 163 cm³/mol. The maximum absolute atomic E-state index is 14.1. The largest absolute Gasteiger partial charge is 0.479 e. The number of hydrogen-bond acceptors (Lipinski definition) is 12. The molecule has 2 aromatic carbocycles. The molecule has 3 aromatic rings. The number of aromatic nitrogens is 2. The number of nitrogens with two attached hydrogens (primary N) is 1. The third kappa shape index (κ3) is 7.30. The van der Waals surface area contributed by atoms with Gasteiger partial charge in [0.15, 0.2) is 5.82 Å². The zero-order chi connectivity index (χ0) is 30.8. The van der Waals surface area contributed by atoms with Gasteiger partial charge in [0.05, 0.1) is 33.1 Å². The van der Waals surface area contributed by atoms with Gasteiger partial charge in [0.2, 0.25) is 11.8 Å². The van der Waals surface area contributed by atoms with Crippen molar-refractivity contribution in [2.75, 3.05) is 49.5 Å². The molecule has 1 aromatic heterocycles. The molecular weight excluding hydrogens is 575 g/mol. The smallest absolute Gasteiger partial charge is 0.459 e. The van der Waals surface area contributed by atoms with Gasteiger partial charge in [0.25, 0.3) is 0 Å². The Morgan fingerprint density at radius 2 is 1.98 bits per heavy atom. The number of benzene rings is 2. The second-order valence-electron chi connectivity index (χ2n) is 11.9. The lowest BCUT2D eigenvalue weighted by atomic mass is 9.99. The van der Waals surface area contributed by atoms with Crippen LogP contribution in [0, 0.1) is 11.3 Å². The van der Waals surface area contributed by atoms with Crippen molar-refractivity contribution < 1.29 is 32.6 Å². The standard InChI is InChI=1S/C29H39N6O7P/c1-18-13-20(41-27(18)35-17-31-24-25(35)33-28(30)34-26(24)38-5)15-40-43(37,32-14-23(36)39-16-29(2,3)4)42-22-12-8-10-19-9-6-7-11-21(19)22/h6-12,18,20,27,31H,13-17H2,1-5H3,(H,32,37)(H2,30,33,34). The maximum atomic E-state index is 14.1. The average Bonchev–Trinajstić information content (AvgIpc) is 3.56. The first kappa shape index (κ1) is 30.8. The fourth-order valence-electron chi connectivity index (χ4n) is 5.01. The van der Waals surface area contributed by atoms with E-state index >= 15 is 0 Å². The normalized spacial score (nSPS) is 21.2. The van der Waals surface area contributed by atoms with Crippen molar-refractivity contribution in [1.82, 2.24) is 15.1 Å². The zero-order valence-electron chi connectivity index (χ0n) is 25.0. The van der Waals surface area contributed by atoms with E-state index in [-0.39, 0.29) is 43.3 Å². The molecule has 0 radical (unpaired) electrons. The second kappa shape index (κ2) is 12.5. The van der Waals surface area contributed by atoms with E-state index in [0.717, 1.165) is 10.8 Å². The van der Waals surface area contributed by atoms with E-state index in [0.29, 0.717) is 36.2 Å². The molecule has 1 fully saturated rings. The minimum atomic E-state index is -4.06. The van der Waals surface area contributed by atoms with E-state index in [1.807, 2.05) is 56.0 Å². The Bertz CT molecular complexity index is 1510. The summed E-state index contributed by atoms with van der Waals surface area (Å²) in [5, 5.41) is 7.61. The summed E-state index contributed by atoms with van der Waals surface area (Å²) in [6, 6.07) is 13.0. The number of anilines is 3. The monoisotopic (exact) mass is 614 g/mol. The third-order valence-electron chi connectivity index (χ3n) is 7.01. The van der Waals surface area contributed by atoms with Crippen molar-refractivity contribution in [1.29, 1.82) is 0 Å². The van der Waals surface area contributed by atoms with Crippen LogP contribution >= 0.6 is 7.75 Å². The molecule has 4 N–H and O–H groups in total. The quantitative estimate of drug-likeness (QED) is 0.204. The highest BCUT2D eigenvalue weighted by Crippen LogP contribution is 2.47. The summed E-state index contributed by atoms with van der Waals surface area (Å²) in [5.74, 6) is 0.900. The Morgan fingerprint density at radius 1 is 1.21 bits per heavy atom. The zero-order valence-corrected chi connectivity index (χ0v) is 25.9. The van der Waals surface area contributed by atoms with E-state index in [1.54, 1.807) is 12.1 Å². The number of carbonyl (C=O) groups is 1. The number of rotatable bonds is 11. The maximum Gasteiger partial charge on any atom is 0.459 e. The summed E-state index contributed by atoms with van der Waals surface area (Å²) in [6.07, 6.45) is -0.153. The highest BCUT2D eigenvalue weighted by molar-refractivity contribution is 7.52. The van der Waals surface area contributed by atoms with E-state index in [2.05, 4.69) is 27.3 Å². The third-order valence-corrected chi connectivity index (χ3v) is 8.48. The summed E-state index contributed by atoms with van der Waals surface area (Å²) in [4.78, 5) is 23.0. The van der Waals surface area contributed by atoms with E-state index < -0.39 is 19.8 Å². The number of carbonyl (C=O) groups excluding carboxylic acids is 1. The van der Waals surface area contributed by atoms with Gasteiger partial charge in [-0.25, -0.2) is 9.65 Å². The molecule has 0 saturated carbocycles. The van der Waals surface area contributed by atoms with Gasteiger partial charge in [0.1, 0.15) is 24.2 Å². The lowest BCUT2D eigenvalue weighted by Crippen LogP contribution is -2.39. The van der Waals surface area contributed by atoms with Gasteiger partial charge in [0, 0.05) is 11.3 Å². The lowest BCUT2D eigenvalue weighted by molar-refractivity contribution is -0.145. The fraction of sp³-hybridized carbons (Fsp3) is 0.483. The molecular formula is C29H39N6O7P. The molecule has 2 aliphatic rings. The first-order valence-electron chi connectivity index (χ1n) is 14.1. The lowest BCUT2D eigenvalue weighted by Gasteiger charge is -2.28. The molecule has 1 saturated heterocycles. The second-order valence-corrected chi connectivity index (χ2v) is 13.6. The van der Waals surface area contributed by atoms with Crippen molar-refractivity contribution >= 4 is 41.9 Å². The van der Waals surface area contributed by atoms with Crippen LogP contribution in [-0.2, 0) is 23.4 Å². The highest BCUT2D eigenvalue weighted by atomic mass is 31.2. The Morgan fingerprint density at radius 3 is 2.74 bits per heavy atom. The van der Waals surface area contributed by atoms with Crippen LogP contribution in [0.3, 0.4) is 0 Å². The van der Waals surface area contributed by atoms with Crippen molar-refractivity contribution in [2.24, 2.45) is 11.3 Å². The molecule has 2 aliphatic heterocycles. The Hall–Kier alpha value is -3.64. The number of nitrogens with one attached hydrogen (secondary N) is 2. The SMILES string of the molecule is COc1nc(N)nc2c1NCN2C1OC(COP(=O)(NCC(=O)OCC(C)(C)C)Oc2cccc3ccccc23)CC1C. The number of ether oxygens (including phenoxy) is 3. The molecule has 5 rings (SSSR count). The van der Waals surface area contributed by atoms with Crippen LogP contribution in [0.25, 0.3) is 10.8 Å². The summed E-state index contributed by atoms with van der Waals surface area (Å²) in [7, 11) is -2.54. The Kier molecular flexibility index (Phi) is 8.98. The summed E-state index contributed by atoms with van der Waals surface area (Å²) >= 11 is 0. The highest BCUT2D eigenvalue weighted by Gasteiger charge is 2.42. The molecule has 43 heavy (non-hydrogen) atoms. The van der Waals surface area contributed by atoms with Gasteiger partial charge < -0.3 is 34.7 Å². The van der Waals surface area contributed by atoms with Crippen molar-refractivity contribution in [3.8, 4) is 11.6 Å². The summed E-state index contributed by atoms with van der Waals surface area (Å²) in [5.41, 5.74) is 6.34. The number of methoxy groups -OCH3 is 1. The van der Waals surface area contributed by atoms with Crippen molar-refractivity contribution in [3.63, 3.8) is 0 Å². The number of nitrogens with zero attached hydrogens (tertiary/aromatic N) is 3. The first-order chi connectivity index (χ1) is 20.4. The molecule has 0 bridgehead atoms. The van der Waals surface area contributed by atoms with Gasteiger partial charge in [-0.1, -0.05) is 64.1 Å². The first-order valence-corrected chi connectivity index (χ1v) is 15.7. The molecule has 0 amide bonds. The minimum absolute atomic E-state index is 0.0454. The van der Waals surface area contributed by atoms with Crippen molar-refractivity contribution in [3.05, 3.63) is 42.5 Å². The van der Waals surface area contributed by atoms with E-state index in [1.165, 1.54) is 7.11 Å². The van der Waals surface area contributed by atoms with Gasteiger partial charge in [-0.2, -0.15) is 9.97 Å². The molecule has 232 valence electrons. The van der Waals surface area contributed by atoms with Crippen LogP contribution in [0.4, 0.5) is 17.5 Å². The van der Waals surface area contributed by atoms with E-state index in [9.17, 15) is 9.36 Å². The van der Waals surface area contributed by atoms with Crippen LogP contribution < -0.4 is 30.3 Å². The topological polar surface area (TPSA) is 159 Å². The number of esters is 1. The van der Waals surface area contributed by atoms with E-state index in [4.69, 9.17) is 29.0 Å². The van der Waals surface area contributed by atoms with Crippen LogP contribution in [0.5, 0.6) is 11.6 Å². The fourth-order valence-corrected chi connectivity index (χ4v) is 6.32. The predicted octanol–water partition coefficient (Wildman–Crippen LogP) is 4.54. The van der Waals surface area contributed by atoms with Gasteiger partial charge in [-0.3, -0.25) is 9.32 Å². The molecule has 4 unspecified atom stereocenters. The van der Waals surface area contributed by atoms with Crippen molar-refractivity contribution in [2.45, 2.75) is 46.4 Å². The molecule has 0 aliphatic carbocycles. The Balaban J connectivity index is 1.29. The average molecular weight is 615 g/mol. The van der Waals surface area contributed by atoms with Crippen LogP contribution in [-0.4, -0.2) is 61.8 Å². The van der Waals surface area contributed by atoms with Crippen LogP contribution in [0.2, 0.25) is 0 Å². The molecule has 13 nitrogen and oxygen atoms in total. The summed E-state index contributed by atoms with van der Waals surface area (Å²) < 4.78 is 43.1. The van der Waals surface area contributed by atoms with Crippen LogP contribution in [0.15, 0.2) is 42.5 Å². The van der Waals surface area contributed by atoms with Gasteiger partial charge in [-0.05, 0) is 23.3 Å². The number of nitrogen functional groups attached to an aromatic ring is 1. The number of fused-ring (bicyclic) bond motifs is 2. The van der Waals surface area contributed by atoms with Gasteiger partial charge in [-0.15, -0.1) is 0 Å². The summed E-state index contributed by atoms with van der Waals surface area (Å²) in [6.45, 7) is 8.16. The van der Waals surface area contributed by atoms with Crippen LogP contribution in [0.1, 0.15) is 34.1 Å².